The van der Waals surface area contributed by atoms with E-state index in [1.807, 2.05) is 72.8 Å². The van der Waals surface area contributed by atoms with Gasteiger partial charge in [0.05, 0.1) is 31.1 Å². The average molecular weight is 599 g/mol. The molecule has 0 radical (unpaired) electrons. The monoisotopic (exact) mass is 598 g/mol. The number of hydrogen-bond donors (Lipinski definition) is 0. The number of amides is 2. The van der Waals surface area contributed by atoms with Crippen molar-refractivity contribution in [3.8, 4) is 17.2 Å². The van der Waals surface area contributed by atoms with Gasteiger partial charge in [0, 0.05) is 43.2 Å². The van der Waals surface area contributed by atoms with Gasteiger partial charge in [-0.15, -0.1) is 0 Å². The lowest BCUT2D eigenvalue weighted by atomic mass is 10.0. The summed E-state index contributed by atoms with van der Waals surface area (Å²) in [5, 5.41) is 3.03. The lowest BCUT2D eigenvalue weighted by Gasteiger charge is -2.33. The molecule has 3 aliphatic rings. The fourth-order valence-electron chi connectivity index (χ4n) is 5.35. The van der Waals surface area contributed by atoms with Crippen molar-refractivity contribution in [2.45, 2.75) is 19.8 Å². The van der Waals surface area contributed by atoms with Gasteiger partial charge in [0.2, 0.25) is 5.91 Å². The first-order valence-corrected chi connectivity index (χ1v) is 15.4. The van der Waals surface area contributed by atoms with Crippen molar-refractivity contribution in [3.63, 3.8) is 0 Å². The number of anilines is 2. The molecule has 43 heavy (non-hydrogen) atoms. The number of hydrogen-bond acceptors (Lipinski definition) is 8. The van der Waals surface area contributed by atoms with Gasteiger partial charge < -0.3 is 28.9 Å². The van der Waals surface area contributed by atoms with E-state index in [2.05, 4.69) is 15.3 Å². The maximum Gasteiger partial charge on any atom is 0.265 e. The number of fused-ring (bicyclic) bond motifs is 2. The normalized spacial score (nSPS) is 15.3. The van der Waals surface area contributed by atoms with Gasteiger partial charge in [-0.25, -0.2) is 0 Å². The fourth-order valence-corrected chi connectivity index (χ4v) is 6.30. The number of rotatable bonds is 12. The second kappa shape index (κ2) is 13.2. The van der Waals surface area contributed by atoms with E-state index >= 15 is 0 Å². The van der Waals surface area contributed by atoms with Gasteiger partial charge in [-0.05, 0) is 49.2 Å². The van der Waals surface area contributed by atoms with Crippen LogP contribution in [0.5, 0.6) is 17.2 Å². The van der Waals surface area contributed by atoms with E-state index in [4.69, 9.17) is 14.2 Å². The van der Waals surface area contributed by atoms with Crippen molar-refractivity contribution < 1.29 is 23.8 Å². The number of aliphatic imine (C=N–C) groups is 1. The van der Waals surface area contributed by atoms with Crippen molar-refractivity contribution in [1.29, 1.82) is 0 Å². The van der Waals surface area contributed by atoms with Crippen molar-refractivity contribution >= 4 is 45.8 Å². The molecular formula is C33H34N4O5S. The molecule has 2 amide bonds. The Morgan fingerprint density at radius 3 is 2.40 bits per heavy atom. The lowest BCUT2D eigenvalue weighted by molar-refractivity contribution is -0.121. The molecule has 0 saturated carbocycles. The quantitative estimate of drug-likeness (QED) is 0.258. The van der Waals surface area contributed by atoms with Gasteiger partial charge in [-0.2, -0.15) is 0 Å². The molecule has 0 aromatic heterocycles. The summed E-state index contributed by atoms with van der Waals surface area (Å²) in [6.45, 7) is 4.88. The minimum atomic E-state index is -0.126. The molecule has 0 atom stereocenters. The second-order valence-corrected chi connectivity index (χ2v) is 11.1. The number of para-hydroxylation sites is 2. The number of benzene rings is 3. The molecule has 222 valence electrons. The van der Waals surface area contributed by atoms with Crippen LogP contribution < -0.4 is 24.0 Å². The zero-order valence-corrected chi connectivity index (χ0v) is 24.9. The van der Waals surface area contributed by atoms with Crippen LogP contribution in [0.1, 0.15) is 25.3 Å². The van der Waals surface area contributed by atoms with Gasteiger partial charge in [0.15, 0.2) is 17.5 Å². The highest BCUT2D eigenvalue weighted by molar-refractivity contribution is 8.16. The predicted octanol–water partition coefficient (Wildman–Crippen LogP) is 5.42. The van der Waals surface area contributed by atoms with Crippen LogP contribution in [-0.4, -0.2) is 67.9 Å². The van der Waals surface area contributed by atoms with Crippen LogP contribution in [0.15, 0.2) is 83.2 Å². The summed E-state index contributed by atoms with van der Waals surface area (Å²) in [4.78, 5) is 36.5. The molecule has 3 aliphatic heterocycles. The summed E-state index contributed by atoms with van der Waals surface area (Å²) in [6, 6.07) is 23.2. The number of nitrogens with zero attached hydrogens (tertiary/aromatic N) is 4. The van der Waals surface area contributed by atoms with E-state index in [0.29, 0.717) is 56.3 Å². The van der Waals surface area contributed by atoms with Gasteiger partial charge in [-0.1, -0.05) is 48.2 Å². The van der Waals surface area contributed by atoms with Gasteiger partial charge in [0.1, 0.15) is 11.5 Å². The Balaban J connectivity index is 1.26. The van der Waals surface area contributed by atoms with Crippen LogP contribution >= 0.6 is 11.8 Å². The summed E-state index contributed by atoms with van der Waals surface area (Å²) in [7, 11) is 0. The number of thioether (sulfide) groups is 1. The summed E-state index contributed by atoms with van der Waals surface area (Å²) >= 11 is 1.58. The van der Waals surface area contributed by atoms with Crippen LogP contribution in [0.3, 0.4) is 0 Å². The Labute approximate surface area is 255 Å². The first kappa shape index (κ1) is 28.7. The Hall–Kier alpha value is -4.44. The summed E-state index contributed by atoms with van der Waals surface area (Å²) < 4.78 is 17.9. The SMILES string of the molecule is CC(=O)N(CCCOc1ccccc1)c1cc(C2=CSC3=NCCN23)c2c(c1)N(CCCOc1ccccc1)C(=O)CO2. The van der Waals surface area contributed by atoms with Crippen molar-refractivity contribution in [1.82, 2.24) is 4.90 Å². The number of amidine groups is 1. The summed E-state index contributed by atoms with van der Waals surface area (Å²) in [6.07, 6.45) is 1.27. The summed E-state index contributed by atoms with van der Waals surface area (Å²) in [5.74, 6) is 2.02. The molecule has 10 heteroatoms. The molecule has 3 heterocycles. The van der Waals surface area contributed by atoms with Crippen LogP contribution in [-0.2, 0) is 9.59 Å². The van der Waals surface area contributed by atoms with Crippen LogP contribution in [0, 0.1) is 0 Å². The Kier molecular flexibility index (Phi) is 8.83. The molecular weight excluding hydrogens is 564 g/mol. The Morgan fingerprint density at radius 1 is 1.00 bits per heavy atom. The molecule has 0 unspecified atom stereocenters. The predicted molar refractivity (Wildman–Crippen MR) is 170 cm³/mol. The van der Waals surface area contributed by atoms with Gasteiger partial charge >= 0.3 is 0 Å². The minimum Gasteiger partial charge on any atom is -0.494 e. The van der Waals surface area contributed by atoms with E-state index < -0.39 is 0 Å². The zero-order chi connectivity index (χ0) is 29.6. The van der Waals surface area contributed by atoms with Crippen molar-refractivity contribution in [2.75, 3.05) is 55.8 Å². The molecule has 3 aromatic carbocycles. The third-order valence-electron chi connectivity index (χ3n) is 7.40. The van der Waals surface area contributed by atoms with Crippen LogP contribution in [0.25, 0.3) is 5.70 Å². The molecule has 0 N–H and O–H groups in total. The maximum atomic E-state index is 13.2. The summed E-state index contributed by atoms with van der Waals surface area (Å²) in [5.41, 5.74) is 3.18. The second-order valence-electron chi connectivity index (χ2n) is 10.3. The Morgan fingerprint density at radius 2 is 1.70 bits per heavy atom. The molecule has 0 fully saturated rings. The molecule has 6 rings (SSSR count). The molecule has 0 bridgehead atoms. The first-order valence-electron chi connectivity index (χ1n) is 14.5. The van der Waals surface area contributed by atoms with Crippen LogP contribution in [0.4, 0.5) is 11.4 Å². The molecule has 0 saturated heterocycles. The fraction of sp³-hybridized carbons (Fsp3) is 0.303. The smallest absolute Gasteiger partial charge is 0.265 e. The first-order chi connectivity index (χ1) is 21.1. The van der Waals surface area contributed by atoms with E-state index in [1.54, 1.807) is 28.5 Å². The number of carbonyl (C=O) groups is 2. The topological polar surface area (TPSA) is 83.9 Å². The molecule has 0 spiro atoms. The van der Waals surface area contributed by atoms with Gasteiger partial charge in [-0.3, -0.25) is 14.6 Å². The molecule has 3 aromatic rings. The highest BCUT2D eigenvalue weighted by Crippen LogP contribution is 2.46. The van der Waals surface area contributed by atoms with E-state index in [9.17, 15) is 9.59 Å². The van der Waals surface area contributed by atoms with E-state index in [1.165, 1.54) is 0 Å². The van der Waals surface area contributed by atoms with Crippen molar-refractivity contribution in [2.24, 2.45) is 4.99 Å². The number of carbonyl (C=O) groups excluding carboxylic acids is 2. The Bertz CT molecular complexity index is 1530. The number of ether oxygens (including phenoxy) is 3. The average Bonchev–Trinajstić information content (AvgIpc) is 3.65. The highest BCUT2D eigenvalue weighted by Gasteiger charge is 2.35. The minimum absolute atomic E-state index is 0.0481. The maximum absolute atomic E-state index is 13.2. The lowest BCUT2D eigenvalue weighted by Crippen LogP contribution is -2.40. The molecule has 9 nitrogen and oxygen atoms in total. The van der Waals surface area contributed by atoms with Crippen LogP contribution in [0.2, 0.25) is 0 Å². The standard InChI is InChI=1S/C33H34N4O5S/c1-24(38)35(15-8-18-40-26-10-4-2-5-11-26)25-20-28(30-23-43-33-34-14-17-37(30)33)32-29(21-25)36(31(39)22-42-32)16-9-19-41-27-12-6-3-7-13-27/h2-7,10-13,20-21,23H,8-9,14-19,22H2,1H3. The van der Waals surface area contributed by atoms with E-state index in [-0.39, 0.29) is 18.4 Å². The molecule has 0 aliphatic carbocycles. The third kappa shape index (κ3) is 6.49. The zero-order valence-electron chi connectivity index (χ0n) is 24.1. The van der Waals surface area contributed by atoms with Crippen molar-refractivity contribution in [3.05, 3.63) is 83.8 Å². The third-order valence-corrected chi connectivity index (χ3v) is 8.30. The van der Waals surface area contributed by atoms with E-state index in [0.717, 1.165) is 41.0 Å². The van der Waals surface area contributed by atoms with Gasteiger partial charge in [0.25, 0.3) is 5.91 Å². The largest absolute Gasteiger partial charge is 0.494 e. The highest BCUT2D eigenvalue weighted by atomic mass is 32.2.